The van der Waals surface area contributed by atoms with Gasteiger partial charge in [0.05, 0.1) is 32.1 Å². The van der Waals surface area contributed by atoms with Gasteiger partial charge in [-0.25, -0.2) is 18.6 Å². The molecule has 0 aliphatic carbocycles. The molecule has 0 fully saturated rings. The molecule has 0 saturated heterocycles. The molecule has 0 N–H and O–H groups in total. The third-order valence-electron chi connectivity index (χ3n) is 4.32. The number of pyridine rings is 1. The molecular weight excluding hydrogens is 358 g/mol. The second kappa shape index (κ2) is 6.92. The first-order chi connectivity index (χ1) is 12.6. The molecule has 1 aromatic heterocycles. The molecule has 146 valence electrons. The summed E-state index contributed by atoms with van der Waals surface area (Å²) in [6.45, 7) is 5.67. The highest BCUT2D eigenvalue weighted by Crippen LogP contribution is 2.38. The number of fused-ring (bicyclic) bond motifs is 3. The quantitative estimate of drug-likeness (QED) is 0.789. The Morgan fingerprint density at radius 3 is 2.48 bits per heavy atom. The van der Waals surface area contributed by atoms with E-state index in [4.69, 9.17) is 14.2 Å². The maximum Gasteiger partial charge on any atom is 0.410 e. The van der Waals surface area contributed by atoms with Gasteiger partial charge in [-0.2, -0.15) is 0 Å². The Morgan fingerprint density at radius 1 is 1.26 bits per heavy atom. The molecule has 0 saturated carbocycles. The molecule has 8 heteroatoms. The van der Waals surface area contributed by atoms with Gasteiger partial charge in [-0.1, -0.05) is 0 Å². The van der Waals surface area contributed by atoms with E-state index in [1.807, 2.05) is 0 Å². The van der Waals surface area contributed by atoms with Crippen molar-refractivity contribution in [2.75, 3.05) is 20.8 Å². The summed E-state index contributed by atoms with van der Waals surface area (Å²) in [5.41, 5.74) is 0.445. The van der Waals surface area contributed by atoms with Crippen molar-refractivity contribution in [2.45, 2.75) is 39.0 Å². The van der Waals surface area contributed by atoms with Crippen LogP contribution in [0.5, 0.6) is 5.88 Å². The summed E-state index contributed by atoms with van der Waals surface area (Å²) in [5, 5.41) is 0.763. The Hall–Kier alpha value is -2.48. The molecule has 1 aliphatic heterocycles. The highest BCUT2D eigenvalue weighted by atomic mass is 19.2. The molecule has 2 aromatic rings. The lowest BCUT2D eigenvalue weighted by Gasteiger charge is -2.34. The van der Waals surface area contributed by atoms with Crippen molar-refractivity contribution in [1.82, 2.24) is 9.88 Å². The van der Waals surface area contributed by atoms with E-state index in [9.17, 15) is 13.6 Å². The summed E-state index contributed by atoms with van der Waals surface area (Å²) in [6.07, 6.45) is -0.546. The minimum atomic E-state index is -0.994. The first-order valence-corrected chi connectivity index (χ1v) is 8.51. The number of halogens is 2. The van der Waals surface area contributed by atoms with Crippen molar-refractivity contribution in [3.8, 4) is 5.88 Å². The van der Waals surface area contributed by atoms with Crippen LogP contribution in [0, 0.1) is 11.6 Å². The first kappa shape index (κ1) is 19.3. The van der Waals surface area contributed by atoms with Crippen LogP contribution in [-0.4, -0.2) is 42.3 Å². The van der Waals surface area contributed by atoms with Crippen LogP contribution >= 0.6 is 0 Å². The van der Waals surface area contributed by atoms with Crippen LogP contribution < -0.4 is 4.74 Å². The van der Waals surface area contributed by atoms with Crippen LogP contribution in [0.15, 0.2) is 12.1 Å². The van der Waals surface area contributed by atoms with Gasteiger partial charge in [-0.15, -0.1) is 0 Å². The molecule has 0 radical (unpaired) electrons. The van der Waals surface area contributed by atoms with Crippen LogP contribution in [0.3, 0.4) is 0 Å². The number of hydrogen-bond donors (Lipinski definition) is 0. The molecule has 1 aliphatic rings. The Kier molecular flexibility index (Phi) is 4.94. The smallest absolute Gasteiger partial charge is 0.410 e. The van der Waals surface area contributed by atoms with Gasteiger partial charge in [0.2, 0.25) is 5.88 Å². The van der Waals surface area contributed by atoms with Gasteiger partial charge in [0.25, 0.3) is 0 Å². The molecule has 1 aromatic carbocycles. The fourth-order valence-corrected chi connectivity index (χ4v) is 3.10. The zero-order valence-electron chi connectivity index (χ0n) is 15.9. The number of nitrogens with zero attached hydrogens (tertiary/aromatic N) is 2. The van der Waals surface area contributed by atoms with Crippen molar-refractivity contribution in [3.63, 3.8) is 0 Å². The molecule has 1 atom stereocenters. The van der Waals surface area contributed by atoms with Crippen molar-refractivity contribution in [3.05, 3.63) is 35.0 Å². The van der Waals surface area contributed by atoms with E-state index in [1.54, 1.807) is 27.8 Å². The van der Waals surface area contributed by atoms with Crippen LogP contribution in [0.2, 0.25) is 0 Å². The lowest BCUT2D eigenvalue weighted by Crippen LogP contribution is -2.40. The predicted octanol–water partition coefficient (Wildman–Crippen LogP) is 3.96. The number of methoxy groups -OCH3 is 1. The number of carbonyl (C=O) groups is 1. The average Bonchev–Trinajstić information content (AvgIpc) is 2.59. The van der Waals surface area contributed by atoms with Crippen LogP contribution in [0.1, 0.15) is 38.1 Å². The number of amides is 1. The van der Waals surface area contributed by atoms with E-state index >= 15 is 0 Å². The van der Waals surface area contributed by atoms with E-state index < -0.39 is 29.4 Å². The van der Waals surface area contributed by atoms with Crippen molar-refractivity contribution < 1.29 is 27.8 Å². The molecule has 0 bridgehead atoms. The molecular formula is C19H22F2N2O4. The predicted molar refractivity (Wildman–Crippen MR) is 94.6 cm³/mol. The number of ether oxygens (including phenoxy) is 3. The Morgan fingerprint density at radius 2 is 1.89 bits per heavy atom. The first-order valence-electron chi connectivity index (χ1n) is 8.51. The number of aromatic nitrogens is 1. The highest BCUT2D eigenvalue weighted by Gasteiger charge is 2.33. The summed E-state index contributed by atoms with van der Waals surface area (Å²) in [6, 6.07) is 1.60. The fourth-order valence-electron chi connectivity index (χ4n) is 3.10. The Bertz CT molecular complexity index is 896. The highest BCUT2D eigenvalue weighted by molar-refractivity contribution is 5.91. The van der Waals surface area contributed by atoms with Crippen LogP contribution in [-0.2, 0) is 16.1 Å². The van der Waals surface area contributed by atoms with Gasteiger partial charge in [-0.3, -0.25) is 0 Å². The van der Waals surface area contributed by atoms with E-state index in [1.165, 1.54) is 12.0 Å². The monoisotopic (exact) mass is 380 g/mol. The van der Waals surface area contributed by atoms with E-state index in [-0.39, 0.29) is 19.1 Å². The molecule has 0 unspecified atom stereocenters. The minimum Gasteiger partial charge on any atom is -0.481 e. The fraction of sp³-hybridized carbons (Fsp3) is 0.474. The number of rotatable bonds is 2. The third-order valence-corrected chi connectivity index (χ3v) is 4.32. The number of likely N-dealkylation sites (N-methyl/N-ethyl adjacent to an activating group) is 1. The van der Waals surface area contributed by atoms with Crippen molar-refractivity contribution >= 4 is 16.9 Å². The molecule has 3 rings (SSSR count). The molecule has 1 amide bonds. The average molecular weight is 380 g/mol. The van der Waals surface area contributed by atoms with E-state index in [0.717, 1.165) is 12.1 Å². The summed E-state index contributed by atoms with van der Waals surface area (Å²) in [5.74, 6) is -1.80. The van der Waals surface area contributed by atoms with Gasteiger partial charge < -0.3 is 19.1 Å². The summed E-state index contributed by atoms with van der Waals surface area (Å²) in [4.78, 5) is 18.3. The van der Waals surface area contributed by atoms with Crippen LogP contribution in [0.25, 0.3) is 10.8 Å². The maximum absolute atomic E-state index is 14.0. The van der Waals surface area contributed by atoms with Gasteiger partial charge in [0.15, 0.2) is 11.6 Å². The van der Waals surface area contributed by atoms with E-state index in [2.05, 4.69) is 4.98 Å². The van der Waals surface area contributed by atoms with Crippen molar-refractivity contribution in [1.29, 1.82) is 0 Å². The molecule has 27 heavy (non-hydrogen) atoms. The normalized spacial score (nSPS) is 16.8. The summed E-state index contributed by atoms with van der Waals surface area (Å²) < 4.78 is 44.0. The zero-order valence-corrected chi connectivity index (χ0v) is 15.9. The second-order valence-corrected chi connectivity index (χ2v) is 7.42. The van der Waals surface area contributed by atoms with E-state index in [0.29, 0.717) is 22.0 Å². The minimum absolute atomic E-state index is 0.173. The number of benzene rings is 1. The number of hydrogen-bond acceptors (Lipinski definition) is 5. The van der Waals surface area contributed by atoms with Crippen molar-refractivity contribution in [2.24, 2.45) is 0 Å². The Labute approximate surface area is 156 Å². The zero-order chi connectivity index (χ0) is 19.9. The van der Waals surface area contributed by atoms with Gasteiger partial charge in [0, 0.05) is 18.0 Å². The maximum atomic E-state index is 14.0. The Balaban J connectivity index is 2.15. The SMILES string of the molecule is COc1nc2c(c3cc(F)c(F)cc13)[C@H](N(C)C(=O)OC(C)(C)C)COC2. The summed E-state index contributed by atoms with van der Waals surface area (Å²) in [7, 11) is 2.98. The second-order valence-electron chi connectivity index (χ2n) is 7.42. The van der Waals surface area contributed by atoms with Crippen LogP contribution in [0.4, 0.5) is 13.6 Å². The number of carbonyl (C=O) groups excluding carboxylic acids is 1. The third kappa shape index (κ3) is 3.66. The lowest BCUT2D eigenvalue weighted by atomic mass is 9.95. The molecule has 2 heterocycles. The van der Waals surface area contributed by atoms with Gasteiger partial charge in [-0.05, 0) is 38.3 Å². The van der Waals surface area contributed by atoms with Gasteiger partial charge in [0.1, 0.15) is 5.60 Å². The largest absolute Gasteiger partial charge is 0.481 e. The lowest BCUT2D eigenvalue weighted by molar-refractivity contribution is -0.000809. The topological polar surface area (TPSA) is 60.9 Å². The standard InChI is InChI=1S/C19H22F2N2O4/c1-19(2,3)27-18(24)23(4)15-9-26-8-14-16(15)10-6-12(20)13(21)7-11(10)17(22-14)25-5/h6-7,15H,8-9H2,1-5H3/t15-/m1/s1. The van der Waals surface area contributed by atoms with Gasteiger partial charge >= 0.3 is 6.09 Å². The molecule has 0 spiro atoms. The molecule has 6 nitrogen and oxygen atoms in total. The summed E-state index contributed by atoms with van der Waals surface area (Å²) >= 11 is 0.